The molecule has 0 atom stereocenters. The van der Waals surface area contributed by atoms with E-state index < -0.39 is 0 Å². The van der Waals surface area contributed by atoms with Crippen LogP contribution < -0.4 is 10.6 Å². The van der Waals surface area contributed by atoms with Gasteiger partial charge in [-0.05, 0) is 44.0 Å². The molecule has 6 heteroatoms. The summed E-state index contributed by atoms with van der Waals surface area (Å²) < 4.78 is 5.48. The highest BCUT2D eigenvalue weighted by Gasteiger charge is 2.17. The predicted molar refractivity (Wildman–Crippen MR) is 125 cm³/mol. The Balaban J connectivity index is 1.38. The lowest BCUT2D eigenvalue weighted by Gasteiger charge is -2.31. The zero-order valence-corrected chi connectivity index (χ0v) is 19.0. The van der Waals surface area contributed by atoms with Gasteiger partial charge >= 0.3 is 0 Å². The van der Waals surface area contributed by atoms with E-state index in [-0.39, 0.29) is 0 Å². The van der Waals surface area contributed by atoms with Crippen molar-refractivity contribution in [1.29, 1.82) is 0 Å². The fourth-order valence-corrected chi connectivity index (χ4v) is 4.52. The van der Waals surface area contributed by atoms with Crippen LogP contribution in [0.1, 0.15) is 49.7 Å². The Kier molecular flexibility index (Phi) is 9.93. The first-order chi connectivity index (χ1) is 14.8. The second kappa shape index (κ2) is 12.9. The Labute approximate surface area is 183 Å². The molecule has 168 valence electrons. The lowest BCUT2D eigenvalue weighted by atomic mass is 9.94. The number of nitrogens with one attached hydrogen (secondary N) is 2. The van der Waals surface area contributed by atoms with Gasteiger partial charge < -0.3 is 20.3 Å². The number of morpholine rings is 1. The zero-order valence-electron chi connectivity index (χ0n) is 19.0. The minimum absolute atomic E-state index is 0.791. The minimum Gasteiger partial charge on any atom is -0.379 e. The molecule has 1 saturated carbocycles. The summed E-state index contributed by atoms with van der Waals surface area (Å²) in [5.74, 6) is 0.886. The quantitative estimate of drug-likeness (QED) is 0.369. The summed E-state index contributed by atoms with van der Waals surface area (Å²) in [4.78, 5) is 9.43. The Morgan fingerprint density at radius 3 is 2.57 bits per heavy atom. The Morgan fingerprint density at radius 2 is 1.83 bits per heavy atom. The molecule has 0 amide bonds. The van der Waals surface area contributed by atoms with Gasteiger partial charge in [0.1, 0.15) is 0 Å². The first-order valence-electron chi connectivity index (χ1n) is 11.8. The number of nitrogens with zero attached hydrogens (tertiary/aromatic N) is 3. The van der Waals surface area contributed by atoms with E-state index in [4.69, 9.17) is 4.74 Å². The molecule has 1 aromatic carbocycles. The third-order valence-electron chi connectivity index (χ3n) is 6.46. The van der Waals surface area contributed by atoms with E-state index in [9.17, 15) is 0 Å². The van der Waals surface area contributed by atoms with Gasteiger partial charge in [0.2, 0.25) is 0 Å². The third-order valence-corrected chi connectivity index (χ3v) is 6.46. The highest BCUT2D eigenvalue weighted by molar-refractivity contribution is 5.79. The van der Waals surface area contributed by atoms with E-state index in [2.05, 4.69) is 56.7 Å². The Bertz CT molecular complexity index is 638. The normalized spacial score (nSPS) is 19.2. The third kappa shape index (κ3) is 7.56. The van der Waals surface area contributed by atoms with Crippen molar-refractivity contribution in [2.24, 2.45) is 4.99 Å². The summed E-state index contributed by atoms with van der Waals surface area (Å²) in [5, 5.41) is 6.98. The van der Waals surface area contributed by atoms with Gasteiger partial charge in [-0.3, -0.25) is 9.89 Å². The van der Waals surface area contributed by atoms with Gasteiger partial charge in [0.15, 0.2) is 5.96 Å². The number of hydrogen-bond acceptors (Lipinski definition) is 4. The molecular weight excluding hydrogens is 374 g/mol. The van der Waals surface area contributed by atoms with Crippen LogP contribution in [0.2, 0.25) is 0 Å². The van der Waals surface area contributed by atoms with E-state index >= 15 is 0 Å². The van der Waals surface area contributed by atoms with Gasteiger partial charge in [0.05, 0.1) is 13.2 Å². The van der Waals surface area contributed by atoms with Gasteiger partial charge in [0, 0.05) is 45.8 Å². The zero-order chi connectivity index (χ0) is 21.0. The van der Waals surface area contributed by atoms with Gasteiger partial charge in [-0.25, -0.2) is 0 Å². The van der Waals surface area contributed by atoms with Crippen molar-refractivity contribution in [3.63, 3.8) is 0 Å². The van der Waals surface area contributed by atoms with E-state index in [0.29, 0.717) is 0 Å². The SMILES string of the molecule is CN=C(NCCCN(C)C1CCCCC1)NCc1ccccc1CN1CCOCC1. The molecule has 0 aromatic heterocycles. The monoisotopic (exact) mass is 415 g/mol. The smallest absolute Gasteiger partial charge is 0.191 e. The molecule has 30 heavy (non-hydrogen) atoms. The largest absolute Gasteiger partial charge is 0.379 e. The molecule has 1 saturated heterocycles. The van der Waals surface area contributed by atoms with Crippen molar-refractivity contribution in [1.82, 2.24) is 20.4 Å². The van der Waals surface area contributed by atoms with E-state index in [1.165, 1.54) is 43.2 Å². The van der Waals surface area contributed by atoms with E-state index in [1.807, 2.05) is 7.05 Å². The van der Waals surface area contributed by atoms with Crippen molar-refractivity contribution >= 4 is 5.96 Å². The maximum absolute atomic E-state index is 5.48. The molecule has 6 nitrogen and oxygen atoms in total. The second-order valence-electron chi connectivity index (χ2n) is 8.64. The summed E-state index contributed by atoms with van der Waals surface area (Å²) in [7, 11) is 4.14. The van der Waals surface area contributed by atoms with E-state index in [1.54, 1.807) is 0 Å². The number of aliphatic imine (C=N–C) groups is 1. The molecule has 1 heterocycles. The van der Waals surface area contributed by atoms with Crippen LogP contribution in [0.25, 0.3) is 0 Å². The van der Waals surface area contributed by atoms with Crippen molar-refractivity contribution in [3.05, 3.63) is 35.4 Å². The number of guanidine groups is 1. The molecule has 0 radical (unpaired) electrons. The fourth-order valence-electron chi connectivity index (χ4n) is 4.52. The van der Waals surface area contributed by atoms with Crippen LogP contribution in [-0.4, -0.2) is 75.3 Å². The van der Waals surface area contributed by atoms with Crippen LogP contribution in [0.5, 0.6) is 0 Å². The van der Waals surface area contributed by atoms with Crippen LogP contribution in [0.4, 0.5) is 0 Å². The molecule has 0 bridgehead atoms. The van der Waals surface area contributed by atoms with E-state index in [0.717, 1.165) is 70.9 Å². The lowest BCUT2D eigenvalue weighted by molar-refractivity contribution is 0.0341. The maximum Gasteiger partial charge on any atom is 0.191 e. The highest BCUT2D eigenvalue weighted by atomic mass is 16.5. The maximum atomic E-state index is 5.48. The van der Waals surface area contributed by atoms with Crippen LogP contribution >= 0.6 is 0 Å². The molecule has 1 aliphatic heterocycles. The van der Waals surface area contributed by atoms with Crippen LogP contribution in [0, 0.1) is 0 Å². The topological polar surface area (TPSA) is 52.1 Å². The molecule has 0 unspecified atom stereocenters. The predicted octanol–water partition coefficient (Wildman–Crippen LogP) is 2.84. The first-order valence-corrected chi connectivity index (χ1v) is 11.8. The Hall–Kier alpha value is -1.63. The molecule has 2 fully saturated rings. The van der Waals surface area contributed by atoms with Crippen molar-refractivity contribution in [2.75, 3.05) is 53.5 Å². The average molecular weight is 416 g/mol. The minimum atomic E-state index is 0.791. The van der Waals surface area contributed by atoms with Crippen LogP contribution in [0.3, 0.4) is 0 Å². The standard InChI is InChI=1S/C24H41N5O/c1-25-24(26-13-8-14-28(2)23-11-4-3-5-12-23)27-19-21-9-6-7-10-22(21)20-29-15-17-30-18-16-29/h6-7,9-10,23H,3-5,8,11-20H2,1-2H3,(H2,25,26,27). The molecule has 1 aromatic rings. The van der Waals surface area contributed by atoms with Crippen molar-refractivity contribution < 1.29 is 4.74 Å². The highest BCUT2D eigenvalue weighted by Crippen LogP contribution is 2.21. The molecule has 3 rings (SSSR count). The lowest BCUT2D eigenvalue weighted by Crippen LogP contribution is -2.40. The summed E-state index contributed by atoms with van der Waals surface area (Å²) in [6.45, 7) is 7.59. The summed E-state index contributed by atoms with van der Waals surface area (Å²) in [5.41, 5.74) is 2.72. The average Bonchev–Trinajstić information content (AvgIpc) is 2.80. The van der Waals surface area contributed by atoms with Gasteiger partial charge in [0.25, 0.3) is 0 Å². The number of ether oxygens (including phenoxy) is 1. The number of hydrogen-bond donors (Lipinski definition) is 2. The Morgan fingerprint density at radius 1 is 1.10 bits per heavy atom. The first kappa shape index (κ1) is 23.0. The second-order valence-corrected chi connectivity index (χ2v) is 8.64. The number of rotatable bonds is 9. The number of benzene rings is 1. The molecule has 0 spiro atoms. The molecular formula is C24H41N5O. The summed E-state index contributed by atoms with van der Waals surface area (Å²) >= 11 is 0. The van der Waals surface area contributed by atoms with Gasteiger partial charge in [-0.15, -0.1) is 0 Å². The molecule has 2 aliphatic rings. The van der Waals surface area contributed by atoms with Crippen molar-refractivity contribution in [2.45, 2.75) is 57.7 Å². The van der Waals surface area contributed by atoms with Crippen LogP contribution in [-0.2, 0) is 17.8 Å². The molecule has 2 N–H and O–H groups in total. The van der Waals surface area contributed by atoms with Gasteiger partial charge in [-0.1, -0.05) is 43.5 Å². The van der Waals surface area contributed by atoms with Crippen LogP contribution in [0.15, 0.2) is 29.3 Å². The summed E-state index contributed by atoms with van der Waals surface area (Å²) in [6, 6.07) is 9.50. The fraction of sp³-hybridized carbons (Fsp3) is 0.708. The summed E-state index contributed by atoms with van der Waals surface area (Å²) in [6.07, 6.45) is 8.10. The van der Waals surface area contributed by atoms with Crippen molar-refractivity contribution in [3.8, 4) is 0 Å². The molecule has 1 aliphatic carbocycles. The van der Waals surface area contributed by atoms with Gasteiger partial charge in [-0.2, -0.15) is 0 Å².